The standard InChI is InChI=1S/C27H25FN6O2S/c1-37-22-7-5-19(6-8-22)32-27(36)33-20-4-2-17-12-25(24-9-3-18(28)14-30-24)34(26(35)23(17)13-20)11-10-21-15-29-16-31-21/h2-9,13-16,25H,10-12H2,1H3,(H,29,31)(H2,32,33,36). The van der Waals surface area contributed by atoms with Gasteiger partial charge < -0.3 is 20.5 Å². The summed E-state index contributed by atoms with van der Waals surface area (Å²) < 4.78 is 13.5. The van der Waals surface area contributed by atoms with Gasteiger partial charge in [0.2, 0.25) is 0 Å². The summed E-state index contributed by atoms with van der Waals surface area (Å²) in [6, 6.07) is 15.1. The molecule has 0 bridgehead atoms. The molecular weight excluding hydrogens is 491 g/mol. The van der Waals surface area contributed by atoms with E-state index in [0.717, 1.165) is 16.2 Å². The van der Waals surface area contributed by atoms with Gasteiger partial charge in [-0.25, -0.2) is 14.2 Å². The number of benzene rings is 2. The zero-order valence-corrected chi connectivity index (χ0v) is 20.9. The molecule has 0 saturated carbocycles. The number of thioether (sulfide) groups is 1. The largest absolute Gasteiger partial charge is 0.348 e. The van der Waals surface area contributed by atoms with Gasteiger partial charge in [-0.1, -0.05) is 6.07 Å². The van der Waals surface area contributed by atoms with Gasteiger partial charge in [-0.3, -0.25) is 9.78 Å². The SMILES string of the molecule is CSc1ccc(NC(=O)Nc2ccc3c(c2)C(=O)N(CCc2cnc[nH]2)C(c2ccc(F)cn2)C3)cc1. The number of nitrogens with one attached hydrogen (secondary N) is 3. The highest BCUT2D eigenvalue weighted by molar-refractivity contribution is 7.98. The van der Waals surface area contributed by atoms with Crippen LogP contribution in [0.15, 0.2) is 78.2 Å². The number of hydrogen-bond donors (Lipinski definition) is 3. The number of fused-ring (bicyclic) bond motifs is 1. The first-order valence-electron chi connectivity index (χ1n) is 11.7. The van der Waals surface area contributed by atoms with Crippen molar-refractivity contribution in [2.24, 2.45) is 0 Å². The summed E-state index contributed by atoms with van der Waals surface area (Å²) in [4.78, 5) is 40.5. The minimum atomic E-state index is -0.426. The maximum absolute atomic E-state index is 13.7. The summed E-state index contributed by atoms with van der Waals surface area (Å²) in [5.41, 5.74) is 4.07. The van der Waals surface area contributed by atoms with Gasteiger partial charge in [-0.2, -0.15) is 0 Å². The van der Waals surface area contributed by atoms with Crippen LogP contribution in [0.3, 0.4) is 0 Å². The van der Waals surface area contributed by atoms with Crippen molar-refractivity contribution in [2.75, 3.05) is 23.4 Å². The van der Waals surface area contributed by atoms with E-state index in [0.29, 0.717) is 42.0 Å². The summed E-state index contributed by atoms with van der Waals surface area (Å²) in [5.74, 6) is -0.599. The summed E-state index contributed by atoms with van der Waals surface area (Å²) in [6.07, 6.45) is 7.59. The molecule has 5 rings (SSSR count). The van der Waals surface area contributed by atoms with E-state index in [2.05, 4.69) is 25.6 Å². The molecule has 1 atom stereocenters. The van der Waals surface area contributed by atoms with E-state index in [9.17, 15) is 14.0 Å². The van der Waals surface area contributed by atoms with E-state index < -0.39 is 11.8 Å². The lowest BCUT2D eigenvalue weighted by Crippen LogP contribution is -2.42. The smallest absolute Gasteiger partial charge is 0.323 e. The molecule has 10 heteroatoms. The molecule has 37 heavy (non-hydrogen) atoms. The number of carbonyl (C=O) groups excluding carboxylic acids is 2. The predicted octanol–water partition coefficient (Wildman–Crippen LogP) is 5.29. The molecule has 3 N–H and O–H groups in total. The summed E-state index contributed by atoms with van der Waals surface area (Å²) in [7, 11) is 0. The Hall–Kier alpha value is -4.18. The fourth-order valence-corrected chi connectivity index (χ4v) is 4.79. The summed E-state index contributed by atoms with van der Waals surface area (Å²) in [6.45, 7) is 0.425. The highest BCUT2D eigenvalue weighted by atomic mass is 32.2. The number of imidazole rings is 1. The Balaban J connectivity index is 1.36. The molecule has 0 fully saturated rings. The zero-order valence-electron chi connectivity index (χ0n) is 20.1. The molecule has 3 heterocycles. The van der Waals surface area contributed by atoms with E-state index in [-0.39, 0.29) is 11.9 Å². The average molecular weight is 517 g/mol. The molecule has 1 aliphatic heterocycles. The van der Waals surface area contributed by atoms with E-state index >= 15 is 0 Å². The van der Waals surface area contributed by atoms with Crippen molar-refractivity contribution in [1.29, 1.82) is 0 Å². The quantitative estimate of drug-likeness (QED) is 0.290. The molecule has 0 radical (unpaired) electrons. The first kappa shape index (κ1) is 24.5. The predicted molar refractivity (Wildman–Crippen MR) is 141 cm³/mol. The van der Waals surface area contributed by atoms with Gasteiger partial charge in [0.25, 0.3) is 5.91 Å². The topological polar surface area (TPSA) is 103 Å². The Bertz CT molecular complexity index is 1390. The molecule has 4 aromatic rings. The maximum atomic E-state index is 13.7. The monoisotopic (exact) mass is 516 g/mol. The molecule has 8 nitrogen and oxygen atoms in total. The van der Waals surface area contributed by atoms with Crippen molar-refractivity contribution in [1.82, 2.24) is 19.9 Å². The Morgan fingerprint density at radius 3 is 2.59 bits per heavy atom. The van der Waals surface area contributed by atoms with E-state index in [1.807, 2.05) is 36.6 Å². The van der Waals surface area contributed by atoms with Gasteiger partial charge in [0.05, 0.1) is 24.3 Å². The number of H-pyrrole nitrogens is 1. The molecule has 1 unspecified atom stereocenters. The number of nitrogens with zero attached hydrogens (tertiary/aromatic N) is 3. The summed E-state index contributed by atoms with van der Waals surface area (Å²) >= 11 is 1.62. The maximum Gasteiger partial charge on any atom is 0.323 e. The molecule has 0 saturated heterocycles. The van der Waals surface area contributed by atoms with Crippen LogP contribution in [-0.4, -0.2) is 44.6 Å². The number of aromatic nitrogens is 3. The lowest BCUT2D eigenvalue weighted by Gasteiger charge is -2.36. The first-order chi connectivity index (χ1) is 18.0. The lowest BCUT2D eigenvalue weighted by atomic mass is 9.90. The van der Waals surface area contributed by atoms with Gasteiger partial charge in [0, 0.05) is 46.7 Å². The van der Waals surface area contributed by atoms with Crippen LogP contribution in [-0.2, 0) is 12.8 Å². The number of pyridine rings is 1. The third-order valence-electron chi connectivity index (χ3n) is 6.26. The second kappa shape index (κ2) is 10.8. The van der Waals surface area contributed by atoms with E-state index in [1.165, 1.54) is 12.3 Å². The van der Waals surface area contributed by atoms with Gasteiger partial charge in [-0.15, -0.1) is 11.8 Å². The van der Waals surface area contributed by atoms with E-state index in [1.54, 1.807) is 47.4 Å². The minimum absolute atomic E-state index is 0.173. The number of rotatable bonds is 7. The highest BCUT2D eigenvalue weighted by Crippen LogP contribution is 2.34. The Morgan fingerprint density at radius 1 is 1.11 bits per heavy atom. The second-order valence-corrected chi connectivity index (χ2v) is 9.51. The van der Waals surface area contributed by atoms with Crippen LogP contribution in [0.2, 0.25) is 0 Å². The van der Waals surface area contributed by atoms with Gasteiger partial charge in [0.15, 0.2) is 0 Å². The molecule has 3 amide bonds. The molecule has 1 aliphatic rings. The van der Waals surface area contributed by atoms with Crippen LogP contribution in [0.5, 0.6) is 0 Å². The zero-order chi connectivity index (χ0) is 25.8. The molecule has 0 spiro atoms. The number of hydrogen-bond acceptors (Lipinski definition) is 5. The Labute approximate surface area is 217 Å². The van der Waals surface area contributed by atoms with Crippen molar-refractivity contribution < 1.29 is 14.0 Å². The molecule has 2 aromatic carbocycles. The number of amides is 3. The van der Waals surface area contributed by atoms with Crippen molar-refractivity contribution in [3.8, 4) is 0 Å². The number of urea groups is 1. The molecule has 188 valence electrons. The average Bonchev–Trinajstić information content (AvgIpc) is 3.43. The second-order valence-electron chi connectivity index (χ2n) is 8.63. The minimum Gasteiger partial charge on any atom is -0.348 e. The van der Waals surface area contributed by atoms with Crippen LogP contribution in [0.25, 0.3) is 0 Å². The lowest BCUT2D eigenvalue weighted by molar-refractivity contribution is 0.0645. The normalized spacial score (nSPS) is 14.8. The third-order valence-corrected chi connectivity index (χ3v) is 7.01. The van der Waals surface area contributed by atoms with Crippen LogP contribution in [0, 0.1) is 5.82 Å². The highest BCUT2D eigenvalue weighted by Gasteiger charge is 2.34. The van der Waals surface area contributed by atoms with Crippen LogP contribution in [0.4, 0.5) is 20.6 Å². The van der Waals surface area contributed by atoms with Crippen molar-refractivity contribution in [2.45, 2.75) is 23.8 Å². The fraction of sp³-hybridized carbons (Fsp3) is 0.185. The third kappa shape index (κ3) is 5.64. The molecular formula is C27H25FN6O2S. The fourth-order valence-electron chi connectivity index (χ4n) is 4.38. The van der Waals surface area contributed by atoms with Crippen molar-refractivity contribution >= 4 is 35.1 Å². The van der Waals surface area contributed by atoms with Gasteiger partial charge in [-0.05, 0) is 66.8 Å². The first-order valence-corrected chi connectivity index (χ1v) is 13.0. The number of anilines is 2. The molecule has 0 aliphatic carbocycles. The van der Waals surface area contributed by atoms with Crippen LogP contribution < -0.4 is 10.6 Å². The van der Waals surface area contributed by atoms with E-state index in [4.69, 9.17) is 0 Å². The Morgan fingerprint density at radius 2 is 1.89 bits per heavy atom. The van der Waals surface area contributed by atoms with Crippen LogP contribution >= 0.6 is 11.8 Å². The number of halogens is 1. The van der Waals surface area contributed by atoms with Gasteiger partial charge >= 0.3 is 6.03 Å². The van der Waals surface area contributed by atoms with Crippen molar-refractivity contribution in [3.05, 3.63) is 102 Å². The Kier molecular flexibility index (Phi) is 7.18. The van der Waals surface area contributed by atoms with Crippen LogP contribution in [0.1, 0.15) is 33.4 Å². The van der Waals surface area contributed by atoms with Crippen molar-refractivity contribution in [3.63, 3.8) is 0 Å². The van der Waals surface area contributed by atoms with Gasteiger partial charge in [0.1, 0.15) is 5.82 Å². The number of carbonyl (C=O) groups is 2. The summed E-state index contributed by atoms with van der Waals surface area (Å²) in [5, 5.41) is 5.62. The number of aromatic amines is 1. The molecule has 2 aromatic heterocycles.